The minimum Gasteiger partial charge on any atom is -0.378 e. The average Bonchev–Trinajstić information content (AvgIpc) is 2.93. The minimum absolute atomic E-state index is 0.223. The molecule has 0 spiro atoms. The van der Waals surface area contributed by atoms with Crippen LogP contribution in [0.4, 0.5) is 10.1 Å². The lowest BCUT2D eigenvalue weighted by atomic mass is 10.1. The summed E-state index contributed by atoms with van der Waals surface area (Å²) in [7, 11) is 0. The van der Waals surface area contributed by atoms with Gasteiger partial charge in [-0.25, -0.2) is 9.37 Å². The number of ether oxygens (including phenoxy) is 1. The number of hydrogen-bond donors (Lipinski definition) is 0. The molecule has 0 bridgehead atoms. The molecule has 3 nitrogen and oxygen atoms in total. The lowest BCUT2D eigenvalue weighted by Crippen LogP contribution is -2.36. The van der Waals surface area contributed by atoms with Gasteiger partial charge < -0.3 is 9.64 Å². The number of halogens is 1. The van der Waals surface area contributed by atoms with Gasteiger partial charge in [-0.05, 0) is 18.2 Å². The van der Waals surface area contributed by atoms with Gasteiger partial charge >= 0.3 is 0 Å². The Morgan fingerprint density at radius 3 is 2.89 bits per heavy atom. The summed E-state index contributed by atoms with van der Waals surface area (Å²) in [4.78, 5) is 6.32. The van der Waals surface area contributed by atoms with E-state index in [1.54, 1.807) is 12.1 Å². The van der Waals surface area contributed by atoms with Crippen molar-refractivity contribution in [2.24, 2.45) is 0 Å². The first kappa shape index (κ1) is 11.6. The highest BCUT2D eigenvalue weighted by atomic mass is 32.1. The molecule has 0 unspecified atom stereocenters. The molecule has 1 radical (unpaired) electrons. The van der Waals surface area contributed by atoms with Crippen molar-refractivity contribution in [2.45, 2.75) is 0 Å². The molecule has 0 amide bonds. The number of hydrogen-bond acceptors (Lipinski definition) is 4. The van der Waals surface area contributed by atoms with Crippen LogP contribution >= 0.6 is 11.3 Å². The third kappa shape index (κ3) is 2.23. The van der Waals surface area contributed by atoms with Gasteiger partial charge in [0.2, 0.25) is 0 Å². The fraction of sp³-hybridized carbons (Fsp3) is 0.308. The van der Waals surface area contributed by atoms with E-state index in [0.717, 1.165) is 30.0 Å². The SMILES string of the molecule is Fc1ccc(-c2cs[c]n2)c(N2CCOCC2)c1. The smallest absolute Gasteiger partial charge is 0.152 e. The first-order valence-electron chi connectivity index (χ1n) is 5.79. The minimum atomic E-state index is -0.223. The Balaban J connectivity index is 2.03. The molecule has 2 heterocycles. The summed E-state index contributed by atoms with van der Waals surface area (Å²) in [6.45, 7) is 2.92. The highest BCUT2D eigenvalue weighted by Crippen LogP contribution is 2.31. The van der Waals surface area contributed by atoms with Crippen LogP contribution in [0.2, 0.25) is 0 Å². The first-order valence-corrected chi connectivity index (χ1v) is 6.67. The standard InChI is InChI=1S/C13H12FN2OS/c14-10-1-2-11(12-8-18-9-15-12)13(7-10)16-3-5-17-6-4-16/h1-2,7-8H,3-6H2. The summed E-state index contributed by atoms with van der Waals surface area (Å²) in [6.07, 6.45) is 0. The molecule has 0 saturated carbocycles. The van der Waals surface area contributed by atoms with Crippen LogP contribution < -0.4 is 4.90 Å². The van der Waals surface area contributed by atoms with Gasteiger partial charge in [0.25, 0.3) is 0 Å². The van der Waals surface area contributed by atoms with Crippen molar-refractivity contribution in [1.29, 1.82) is 0 Å². The number of aromatic nitrogens is 1. The van der Waals surface area contributed by atoms with Gasteiger partial charge in [0.15, 0.2) is 5.51 Å². The quantitative estimate of drug-likeness (QED) is 0.832. The summed E-state index contributed by atoms with van der Waals surface area (Å²) in [5, 5.41) is 1.93. The lowest BCUT2D eigenvalue weighted by molar-refractivity contribution is 0.122. The fourth-order valence-corrected chi connectivity index (χ4v) is 2.59. The van der Waals surface area contributed by atoms with Crippen molar-refractivity contribution in [1.82, 2.24) is 4.98 Å². The molecule has 3 rings (SSSR count). The first-order chi connectivity index (χ1) is 8.84. The van der Waals surface area contributed by atoms with Gasteiger partial charge in [-0.15, -0.1) is 11.3 Å². The van der Waals surface area contributed by atoms with E-state index >= 15 is 0 Å². The molecule has 1 aliphatic rings. The second-order valence-electron chi connectivity index (χ2n) is 4.08. The number of rotatable bonds is 2. The molecule has 93 valence electrons. The molecule has 0 N–H and O–H groups in total. The zero-order valence-electron chi connectivity index (χ0n) is 9.73. The monoisotopic (exact) mass is 263 g/mol. The highest BCUT2D eigenvalue weighted by molar-refractivity contribution is 7.07. The largest absolute Gasteiger partial charge is 0.378 e. The van der Waals surface area contributed by atoms with Crippen molar-refractivity contribution in [3.8, 4) is 11.3 Å². The molecule has 0 atom stereocenters. The Hall–Kier alpha value is -1.46. The molecule has 1 aromatic carbocycles. The summed E-state index contributed by atoms with van der Waals surface area (Å²) >= 11 is 1.42. The Kier molecular flexibility index (Phi) is 3.25. The maximum Gasteiger partial charge on any atom is 0.152 e. The topological polar surface area (TPSA) is 25.4 Å². The molecular weight excluding hydrogens is 251 g/mol. The van der Waals surface area contributed by atoms with Gasteiger partial charge in [-0.3, -0.25) is 0 Å². The van der Waals surface area contributed by atoms with E-state index in [2.05, 4.69) is 15.4 Å². The molecule has 0 aliphatic carbocycles. The third-order valence-corrected chi connectivity index (χ3v) is 3.51. The third-order valence-electron chi connectivity index (χ3n) is 2.98. The van der Waals surface area contributed by atoms with E-state index in [-0.39, 0.29) is 5.82 Å². The fourth-order valence-electron chi connectivity index (χ4n) is 2.10. The Bertz CT molecular complexity index is 524. The predicted molar refractivity (Wildman–Crippen MR) is 69.4 cm³/mol. The summed E-state index contributed by atoms with van der Waals surface area (Å²) < 4.78 is 18.8. The summed E-state index contributed by atoms with van der Waals surface area (Å²) in [5.74, 6) is -0.223. The molecule has 2 aromatic rings. The van der Waals surface area contributed by atoms with E-state index in [0.29, 0.717) is 13.2 Å². The van der Waals surface area contributed by atoms with Crippen molar-refractivity contribution in [3.63, 3.8) is 0 Å². The van der Waals surface area contributed by atoms with Crippen LogP contribution in [-0.2, 0) is 4.74 Å². The maximum absolute atomic E-state index is 13.5. The molecule has 5 heteroatoms. The molecule has 1 saturated heterocycles. The Labute approximate surface area is 109 Å². The number of morpholine rings is 1. The summed E-state index contributed by atoms with van der Waals surface area (Å²) in [5.41, 5.74) is 5.52. The van der Waals surface area contributed by atoms with E-state index in [9.17, 15) is 4.39 Å². The van der Waals surface area contributed by atoms with E-state index in [1.807, 2.05) is 5.38 Å². The molecular formula is C13H12FN2OS. The van der Waals surface area contributed by atoms with Gasteiger partial charge in [-0.2, -0.15) is 0 Å². The lowest BCUT2D eigenvalue weighted by Gasteiger charge is -2.30. The normalized spacial score (nSPS) is 15.9. The molecule has 1 aromatic heterocycles. The van der Waals surface area contributed by atoms with Crippen molar-refractivity contribution >= 4 is 17.0 Å². The number of thiazole rings is 1. The second-order valence-corrected chi connectivity index (χ2v) is 4.74. The van der Waals surface area contributed by atoms with E-state index in [4.69, 9.17) is 4.74 Å². The maximum atomic E-state index is 13.5. The molecule has 1 aliphatic heterocycles. The van der Waals surface area contributed by atoms with Crippen molar-refractivity contribution in [2.75, 3.05) is 31.2 Å². The number of benzene rings is 1. The van der Waals surface area contributed by atoms with E-state index < -0.39 is 0 Å². The Morgan fingerprint density at radius 2 is 2.17 bits per heavy atom. The van der Waals surface area contributed by atoms with Crippen molar-refractivity contribution in [3.05, 3.63) is 34.9 Å². The van der Waals surface area contributed by atoms with Crippen LogP contribution in [0.25, 0.3) is 11.3 Å². The van der Waals surface area contributed by atoms with Crippen LogP contribution in [0.15, 0.2) is 23.6 Å². The van der Waals surface area contributed by atoms with Crippen LogP contribution in [0.1, 0.15) is 0 Å². The number of anilines is 1. The van der Waals surface area contributed by atoms with E-state index in [1.165, 1.54) is 17.4 Å². The van der Waals surface area contributed by atoms with Gasteiger partial charge in [0.1, 0.15) is 5.82 Å². The van der Waals surface area contributed by atoms with Gasteiger partial charge in [0, 0.05) is 29.7 Å². The summed E-state index contributed by atoms with van der Waals surface area (Å²) in [6, 6.07) is 4.82. The highest BCUT2D eigenvalue weighted by Gasteiger charge is 2.17. The van der Waals surface area contributed by atoms with Crippen LogP contribution in [0.5, 0.6) is 0 Å². The predicted octanol–water partition coefficient (Wildman–Crippen LogP) is 2.59. The average molecular weight is 263 g/mol. The van der Waals surface area contributed by atoms with Gasteiger partial charge in [0.05, 0.1) is 18.9 Å². The zero-order valence-corrected chi connectivity index (χ0v) is 10.5. The van der Waals surface area contributed by atoms with Gasteiger partial charge in [-0.1, -0.05) is 0 Å². The number of nitrogens with zero attached hydrogens (tertiary/aromatic N) is 2. The Morgan fingerprint density at radius 1 is 1.33 bits per heavy atom. The van der Waals surface area contributed by atoms with Crippen LogP contribution in [-0.4, -0.2) is 31.3 Å². The molecule has 1 fully saturated rings. The van der Waals surface area contributed by atoms with Crippen LogP contribution in [0, 0.1) is 11.3 Å². The zero-order chi connectivity index (χ0) is 12.4. The van der Waals surface area contributed by atoms with Crippen molar-refractivity contribution < 1.29 is 9.13 Å². The molecule has 18 heavy (non-hydrogen) atoms. The second kappa shape index (κ2) is 5.04. The van der Waals surface area contributed by atoms with Crippen LogP contribution in [0.3, 0.4) is 0 Å².